The van der Waals surface area contributed by atoms with Crippen molar-refractivity contribution < 1.29 is 0 Å². The number of nitrogens with one attached hydrogen (secondary N) is 1. The monoisotopic (exact) mass is 318 g/mol. The molecule has 0 saturated carbocycles. The summed E-state index contributed by atoms with van der Waals surface area (Å²) < 4.78 is 3.01. The SMILES string of the molecule is CCCNC(=S)N(C)Cc1c(Br)cnn1CC. The average Bonchev–Trinajstić information content (AvgIpc) is 2.67. The van der Waals surface area contributed by atoms with Crippen molar-refractivity contribution in [3.8, 4) is 0 Å². The highest BCUT2D eigenvalue weighted by Gasteiger charge is 2.11. The zero-order valence-electron chi connectivity index (χ0n) is 10.5. The topological polar surface area (TPSA) is 33.1 Å². The number of hydrogen-bond donors (Lipinski definition) is 1. The van der Waals surface area contributed by atoms with E-state index >= 15 is 0 Å². The summed E-state index contributed by atoms with van der Waals surface area (Å²) in [4.78, 5) is 2.03. The van der Waals surface area contributed by atoms with Crippen LogP contribution in [0.4, 0.5) is 0 Å². The van der Waals surface area contributed by atoms with Crippen LogP contribution in [0.5, 0.6) is 0 Å². The van der Waals surface area contributed by atoms with Gasteiger partial charge in [0.05, 0.1) is 22.9 Å². The van der Waals surface area contributed by atoms with Crippen molar-refractivity contribution in [2.45, 2.75) is 33.4 Å². The number of aromatic nitrogens is 2. The van der Waals surface area contributed by atoms with Gasteiger partial charge in [0.2, 0.25) is 0 Å². The van der Waals surface area contributed by atoms with Crippen LogP contribution in [0, 0.1) is 0 Å². The van der Waals surface area contributed by atoms with Crippen molar-refractivity contribution in [3.05, 3.63) is 16.4 Å². The van der Waals surface area contributed by atoms with Crippen molar-refractivity contribution in [1.29, 1.82) is 0 Å². The summed E-state index contributed by atoms with van der Waals surface area (Å²) in [6, 6.07) is 0. The van der Waals surface area contributed by atoms with E-state index in [4.69, 9.17) is 12.2 Å². The molecule has 0 aliphatic rings. The lowest BCUT2D eigenvalue weighted by atomic mass is 10.4. The molecule has 0 saturated heterocycles. The Morgan fingerprint density at radius 3 is 2.88 bits per heavy atom. The Bertz CT molecular complexity index is 378. The second kappa shape index (κ2) is 6.96. The van der Waals surface area contributed by atoms with Gasteiger partial charge < -0.3 is 10.2 Å². The molecule has 4 nitrogen and oxygen atoms in total. The Hall–Kier alpha value is -0.620. The third kappa shape index (κ3) is 3.96. The van der Waals surface area contributed by atoms with Crippen molar-refractivity contribution in [2.75, 3.05) is 13.6 Å². The van der Waals surface area contributed by atoms with Crippen LogP contribution in [-0.2, 0) is 13.1 Å². The van der Waals surface area contributed by atoms with Gasteiger partial charge in [0.15, 0.2) is 5.11 Å². The second-order valence-corrected chi connectivity index (χ2v) is 5.08. The minimum Gasteiger partial charge on any atom is -0.363 e. The smallest absolute Gasteiger partial charge is 0.169 e. The molecule has 0 fully saturated rings. The summed E-state index contributed by atoms with van der Waals surface area (Å²) >= 11 is 8.82. The molecule has 1 rings (SSSR count). The molecule has 0 amide bonds. The number of nitrogens with zero attached hydrogens (tertiary/aromatic N) is 3. The van der Waals surface area contributed by atoms with E-state index in [9.17, 15) is 0 Å². The van der Waals surface area contributed by atoms with Crippen LogP contribution in [-0.4, -0.2) is 33.4 Å². The molecule has 1 aromatic rings. The van der Waals surface area contributed by atoms with Crippen molar-refractivity contribution in [1.82, 2.24) is 20.0 Å². The van der Waals surface area contributed by atoms with E-state index in [0.717, 1.165) is 41.3 Å². The molecular weight excluding hydrogens is 300 g/mol. The Labute approximate surface area is 116 Å². The largest absolute Gasteiger partial charge is 0.363 e. The maximum absolute atomic E-state index is 5.31. The first kappa shape index (κ1) is 14.4. The van der Waals surface area contributed by atoms with Gasteiger partial charge in [-0.15, -0.1) is 0 Å². The van der Waals surface area contributed by atoms with Gasteiger partial charge in [-0.25, -0.2) is 0 Å². The predicted molar refractivity (Wildman–Crippen MR) is 78.0 cm³/mol. The standard InChI is InChI=1S/C11H19BrN4S/c1-4-6-13-11(17)15(3)8-10-9(12)7-14-16(10)5-2/h7H,4-6,8H2,1-3H3,(H,13,17). The zero-order chi connectivity index (χ0) is 12.8. The van der Waals surface area contributed by atoms with Gasteiger partial charge in [-0.3, -0.25) is 4.68 Å². The van der Waals surface area contributed by atoms with Gasteiger partial charge in [-0.1, -0.05) is 6.92 Å². The molecule has 0 atom stereocenters. The van der Waals surface area contributed by atoms with Crippen LogP contribution in [0.25, 0.3) is 0 Å². The Balaban J connectivity index is 2.63. The summed E-state index contributed by atoms with van der Waals surface area (Å²) in [6.07, 6.45) is 2.90. The van der Waals surface area contributed by atoms with Gasteiger partial charge in [-0.2, -0.15) is 5.10 Å². The van der Waals surface area contributed by atoms with Gasteiger partial charge in [0, 0.05) is 20.1 Å². The van der Waals surface area contributed by atoms with Crippen molar-refractivity contribution in [2.24, 2.45) is 0 Å². The maximum atomic E-state index is 5.31. The lowest BCUT2D eigenvalue weighted by Gasteiger charge is -2.21. The summed E-state index contributed by atoms with van der Waals surface area (Å²) in [5.41, 5.74) is 1.15. The van der Waals surface area contributed by atoms with Gasteiger partial charge >= 0.3 is 0 Å². The Morgan fingerprint density at radius 2 is 2.29 bits per heavy atom. The van der Waals surface area contributed by atoms with E-state index in [1.807, 2.05) is 22.8 Å². The van der Waals surface area contributed by atoms with Crippen molar-refractivity contribution >= 4 is 33.3 Å². The lowest BCUT2D eigenvalue weighted by molar-refractivity contribution is 0.456. The lowest BCUT2D eigenvalue weighted by Crippen LogP contribution is -2.37. The first-order chi connectivity index (χ1) is 8.10. The molecule has 6 heteroatoms. The van der Waals surface area contributed by atoms with Crippen LogP contribution in [0.3, 0.4) is 0 Å². The molecule has 0 aliphatic heterocycles. The molecule has 1 heterocycles. The first-order valence-corrected chi connectivity index (χ1v) is 6.99. The average molecular weight is 319 g/mol. The van der Waals surface area contributed by atoms with E-state index in [1.54, 1.807) is 0 Å². The summed E-state index contributed by atoms with van der Waals surface area (Å²) in [5, 5.41) is 8.28. The minimum atomic E-state index is 0.754. The normalized spacial score (nSPS) is 10.4. The highest BCUT2D eigenvalue weighted by molar-refractivity contribution is 9.10. The van der Waals surface area contributed by atoms with Gasteiger partial charge in [0.1, 0.15) is 0 Å². The fraction of sp³-hybridized carbons (Fsp3) is 0.636. The fourth-order valence-corrected chi connectivity index (χ4v) is 2.07. The molecule has 96 valence electrons. The van der Waals surface area contributed by atoms with E-state index in [0.29, 0.717) is 0 Å². The third-order valence-corrected chi connectivity index (χ3v) is 3.58. The fourth-order valence-electron chi connectivity index (χ4n) is 1.48. The number of halogens is 1. The molecule has 0 spiro atoms. The molecule has 1 N–H and O–H groups in total. The molecular formula is C11H19BrN4S. The highest BCUT2D eigenvalue weighted by Crippen LogP contribution is 2.17. The molecule has 0 radical (unpaired) electrons. The number of aryl methyl sites for hydroxylation is 1. The van der Waals surface area contributed by atoms with E-state index in [-0.39, 0.29) is 0 Å². The zero-order valence-corrected chi connectivity index (χ0v) is 12.9. The summed E-state index contributed by atoms with van der Waals surface area (Å²) in [7, 11) is 1.99. The number of hydrogen-bond acceptors (Lipinski definition) is 2. The molecule has 0 bridgehead atoms. The molecule has 17 heavy (non-hydrogen) atoms. The first-order valence-electron chi connectivity index (χ1n) is 5.79. The molecule has 1 aromatic heterocycles. The third-order valence-electron chi connectivity index (χ3n) is 2.46. The highest BCUT2D eigenvalue weighted by atomic mass is 79.9. The predicted octanol–water partition coefficient (Wildman–Crippen LogP) is 2.38. The van der Waals surface area contributed by atoms with Crippen LogP contribution >= 0.6 is 28.1 Å². The summed E-state index contributed by atoms with van der Waals surface area (Å²) in [5.74, 6) is 0. The maximum Gasteiger partial charge on any atom is 0.169 e. The van der Waals surface area contributed by atoms with Crippen LogP contribution in [0.2, 0.25) is 0 Å². The van der Waals surface area contributed by atoms with Gasteiger partial charge in [0.25, 0.3) is 0 Å². The Morgan fingerprint density at radius 1 is 1.59 bits per heavy atom. The molecule has 0 aliphatic carbocycles. The molecule has 0 aromatic carbocycles. The van der Waals surface area contributed by atoms with Crippen LogP contribution in [0.1, 0.15) is 26.0 Å². The Kier molecular flexibility index (Phi) is 5.91. The number of rotatable bonds is 5. The summed E-state index contributed by atoms with van der Waals surface area (Å²) in [6.45, 7) is 6.74. The minimum absolute atomic E-state index is 0.754. The van der Waals surface area contributed by atoms with E-state index < -0.39 is 0 Å². The van der Waals surface area contributed by atoms with E-state index in [2.05, 4.69) is 40.2 Å². The van der Waals surface area contributed by atoms with Crippen molar-refractivity contribution in [3.63, 3.8) is 0 Å². The molecule has 0 unspecified atom stereocenters. The number of thiocarbonyl (C=S) groups is 1. The van der Waals surface area contributed by atoms with Crippen LogP contribution < -0.4 is 5.32 Å². The van der Waals surface area contributed by atoms with Crippen LogP contribution in [0.15, 0.2) is 10.7 Å². The second-order valence-electron chi connectivity index (χ2n) is 3.84. The quantitative estimate of drug-likeness (QED) is 0.845. The van der Waals surface area contributed by atoms with Gasteiger partial charge in [-0.05, 0) is 41.5 Å². The van der Waals surface area contributed by atoms with E-state index in [1.165, 1.54) is 0 Å².